The first-order valence-corrected chi connectivity index (χ1v) is 6.22. The van der Waals surface area contributed by atoms with Crippen LogP contribution in [0.25, 0.3) is 0 Å². The molecule has 2 aromatic rings. The minimum Gasteiger partial charge on any atom is -0.493 e. The molecular weight excluding hydrogens is 264 g/mol. The van der Waals surface area contributed by atoms with E-state index < -0.39 is 0 Å². The second kappa shape index (κ2) is 5.45. The molecule has 0 saturated heterocycles. The van der Waals surface area contributed by atoms with Crippen LogP contribution in [0.3, 0.4) is 0 Å². The molecule has 4 nitrogen and oxygen atoms in total. The second-order valence-corrected chi connectivity index (χ2v) is 4.61. The summed E-state index contributed by atoms with van der Waals surface area (Å²) in [4.78, 5) is 8.33. The molecule has 0 amide bonds. The number of benzene rings is 1. The Bertz CT molecular complexity index is 615. The largest absolute Gasteiger partial charge is 0.493 e. The quantitative estimate of drug-likeness (QED) is 0.800. The van der Waals surface area contributed by atoms with E-state index in [9.17, 15) is 0 Å². The number of aryl methyl sites for hydroxylation is 2. The van der Waals surface area contributed by atoms with Crippen molar-refractivity contribution in [2.75, 3.05) is 7.11 Å². The zero-order chi connectivity index (χ0) is 14.0. The standard InChI is InChI=1S/C14H15ClN2O2/c1-8-5-6-11(12(7-8)18-4)19-14-9(2)13(15)16-10(3)17-14/h5-7H,1-4H3. The van der Waals surface area contributed by atoms with Crippen molar-refractivity contribution in [1.82, 2.24) is 9.97 Å². The van der Waals surface area contributed by atoms with Gasteiger partial charge in [0.25, 0.3) is 0 Å². The Morgan fingerprint density at radius 1 is 1.05 bits per heavy atom. The first-order chi connectivity index (χ1) is 9.01. The molecule has 19 heavy (non-hydrogen) atoms. The summed E-state index contributed by atoms with van der Waals surface area (Å²) < 4.78 is 11.1. The van der Waals surface area contributed by atoms with Crippen molar-refractivity contribution in [3.8, 4) is 17.4 Å². The normalized spacial score (nSPS) is 10.4. The maximum Gasteiger partial charge on any atom is 0.227 e. The summed E-state index contributed by atoms with van der Waals surface area (Å²) in [5.74, 6) is 2.27. The van der Waals surface area contributed by atoms with Gasteiger partial charge in [0.1, 0.15) is 11.0 Å². The summed E-state index contributed by atoms with van der Waals surface area (Å²) in [6, 6.07) is 5.70. The molecule has 0 unspecified atom stereocenters. The monoisotopic (exact) mass is 278 g/mol. The minimum absolute atomic E-state index is 0.397. The van der Waals surface area contributed by atoms with E-state index in [1.165, 1.54) is 0 Å². The number of rotatable bonds is 3. The van der Waals surface area contributed by atoms with Crippen LogP contribution in [0.4, 0.5) is 0 Å². The molecule has 1 aromatic carbocycles. The van der Waals surface area contributed by atoms with Gasteiger partial charge in [0.05, 0.1) is 7.11 Å². The van der Waals surface area contributed by atoms with Gasteiger partial charge in [-0.15, -0.1) is 0 Å². The van der Waals surface area contributed by atoms with E-state index in [2.05, 4.69) is 9.97 Å². The van der Waals surface area contributed by atoms with Crippen LogP contribution < -0.4 is 9.47 Å². The highest BCUT2D eigenvalue weighted by Gasteiger charge is 2.12. The number of aromatic nitrogens is 2. The molecule has 0 saturated carbocycles. The Morgan fingerprint density at radius 3 is 2.47 bits per heavy atom. The summed E-state index contributed by atoms with van der Waals surface area (Å²) in [5.41, 5.74) is 1.80. The number of nitrogens with zero attached hydrogens (tertiary/aromatic N) is 2. The van der Waals surface area contributed by atoms with Gasteiger partial charge in [-0.25, -0.2) is 4.98 Å². The van der Waals surface area contributed by atoms with E-state index >= 15 is 0 Å². The highest BCUT2D eigenvalue weighted by Crippen LogP contribution is 2.33. The minimum atomic E-state index is 0.397. The highest BCUT2D eigenvalue weighted by molar-refractivity contribution is 6.30. The van der Waals surface area contributed by atoms with Crippen LogP contribution in [-0.2, 0) is 0 Å². The smallest absolute Gasteiger partial charge is 0.227 e. The second-order valence-electron chi connectivity index (χ2n) is 4.25. The van der Waals surface area contributed by atoms with Crippen molar-refractivity contribution in [3.05, 3.63) is 40.3 Å². The van der Waals surface area contributed by atoms with Gasteiger partial charge in [-0.1, -0.05) is 17.7 Å². The summed E-state index contributed by atoms with van der Waals surface area (Å²) in [6.07, 6.45) is 0. The zero-order valence-corrected chi connectivity index (χ0v) is 12.1. The molecule has 0 spiro atoms. The Labute approximate surface area is 117 Å². The lowest BCUT2D eigenvalue weighted by molar-refractivity contribution is 0.372. The molecule has 0 aliphatic heterocycles. The first-order valence-electron chi connectivity index (χ1n) is 5.84. The van der Waals surface area contributed by atoms with Crippen molar-refractivity contribution in [3.63, 3.8) is 0 Å². The fourth-order valence-corrected chi connectivity index (χ4v) is 1.84. The van der Waals surface area contributed by atoms with Gasteiger partial charge in [0.2, 0.25) is 5.88 Å². The van der Waals surface area contributed by atoms with E-state index in [-0.39, 0.29) is 0 Å². The van der Waals surface area contributed by atoms with Gasteiger partial charge in [-0.2, -0.15) is 4.98 Å². The third kappa shape index (κ3) is 2.96. The average molecular weight is 279 g/mol. The van der Waals surface area contributed by atoms with Crippen LogP contribution in [0, 0.1) is 20.8 Å². The number of hydrogen-bond donors (Lipinski definition) is 0. The summed E-state index contributed by atoms with van der Waals surface area (Å²) in [7, 11) is 1.60. The number of ether oxygens (including phenoxy) is 2. The predicted molar refractivity (Wildman–Crippen MR) is 74.3 cm³/mol. The van der Waals surface area contributed by atoms with Crippen molar-refractivity contribution < 1.29 is 9.47 Å². The maximum absolute atomic E-state index is 6.02. The lowest BCUT2D eigenvalue weighted by Gasteiger charge is -2.12. The van der Waals surface area contributed by atoms with Gasteiger partial charge in [0, 0.05) is 5.56 Å². The Hall–Kier alpha value is -1.81. The summed E-state index contributed by atoms with van der Waals surface area (Å²) in [6.45, 7) is 5.57. The van der Waals surface area contributed by atoms with E-state index in [1.54, 1.807) is 14.0 Å². The average Bonchev–Trinajstić information content (AvgIpc) is 2.37. The van der Waals surface area contributed by atoms with Gasteiger partial charge in [-0.05, 0) is 38.5 Å². The van der Waals surface area contributed by atoms with Gasteiger partial charge < -0.3 is 9.47 Å². The van der Waals surface area contributed by atoms with E-state index in [0.29, 0.717) is 33.9 Å². The molecule has 0 aliphatic carbocycles. The number of methoxy groups -OCH3 is 1. The molecule has 0 fully saturated rings. The SMILES string of the molecule is COc1cc(C)ccc1Oc1nc(C)nc(Cl)c1C. The molecule has 1 aromatic heterocycles. The summed E-state index contributed by atoms with van der Waals surface area (Å²) >= 11 is 6.02. The molecule has 0 bridgehead atoms. The van der Waals surface area contributed by atoms with Crippen molar-refractivity contribution in [2.45, 2.75) is 20.8 Å². The molecule has 0 N–H and O–H groups in total. The van der Waals surface area contributed by atoms with E-state index in [1.807, 2.05) is 32.0 Å². The molecule has 0 aliphatic rings. The van der Waals surface area contributed by atoms with Crippen LogP contribution in [-0.4, -0.2) is 17.1 Å². The van der Waals surface area contributed by atoms with Crippen LogP contribution in [0.1, 0.15) is 17.0 Å². The van der Waals surface area contributed by atoms with Crippen molar-refractivity contribution in [2.24, 2.45) is 0 Å². The van der Waals surface area contributed by atoms with Gasteiger partial charge in [0.15, 0.2) is 11.5 Å². The Morgan fingerprint density at radius 2 is 1.79 bits per heavy atom. The zero-order valence-electron chi connectivity index (χ0n) is 11.3. The first kappa shape index (κ1) is 13.6. The van der Waals surface area contributed by atoms with Gasteiger partial charge in [-0.3, -0.25) is 0 Å². The third-order valence-electron chi connectivity index (χ3n) is 2.68. The Balaban J connectivity index is 2.41. The molecule has 1 heterocycles. The maximum atomic E-state index is 6.02. The topological polar surface area (TPSA) is 44.2 Å². The lowest BCUT2D eigenvalue weighted by atomic mass is 10.2. The van der Waals surface area contributed by atoms with Gasteiger partial charge >= 0.3 is 0 Å². The highest BCUT2D eigenvalue weighted by atomic mass is 35.5. The van der Waals surface area contributed by atoms with E-state index in [0.717, 1.165) is 5.56 Å². The third-order valence-corrected chi connectivity index (χ3v) is 3.05. The van der Waals surface area contributed by atoms with Crippen molar-refractivity contribution in [1.29, 1.82) is 0 Å². The number of hydrogen-bond acceptors (Lipinski definition) is 4. The predicted octanol–water partition coefficient (Wildman–Crippen LogP) is 3.86. The van der Waals surface area contributed by atoms with Crippen molar-refractivity contribution >= 4 is 11.6 Å². The summed E-state index contributed by atoms with van der Waals surface area (Å²) in [5, 5.41) is 0.397. The fraction of sp³-hybridized carbons (Fsp3) is 0.286. The van der Waals surface area contributed by atoms with Crippen LogP contribution >= 0.6 is 11.6 Å². The molecule has 0 atom stereocenters. The number of halogens is 1. The fourth-order valence-electron chi connectivity index (χ4n) is 1.63. The van der Waals surface area contributed by atoms with Crippen LogP contribution in [0.2, 0.25) is 5.15 Å². The van der Waals surface area contributed by atoms with E-state index in [4.69, 9.17) is 21.1 Å². The molecule has 2 rings (SSSR count). The lowest BCUT2D eigenvalue weighted by Crippen LogP contribution is -1.99. The van der Waals surface area contributed by atoms with Crippen LogP contribution in [0.5, 0.6) is 17.4 Å². The molecule has 0 radical (unpaired) electrons. The van der Waals surface area contributed by atoms with Crippen LogP contribution in [0.15, 0.2) is 18.2 Å². The molecule has 100 valence electrons. The Kier molecular flexibility index (Phi) is 3.90. The molecular formula is C14H15ClN2O2. The molecule has 5 heteroatoms.